The Morgan fingerprint density at radius 2 is 1.64 bits per heavy atom. The summed E-state index contributed by atoms with van der Waals surface area (Å²) >= 11 is 0. The van der Waals surface area contributed by atoms with Crippen LogP contribution < -0.4 is 5.32 Å². The maximum absolute atomic E-state index is 12.2. The van der Waals surface area contributed by atoms with Gasteiger partial charge in [0.1, 0.15) is 12.1 Å². The number of aromatic nitrogens is 4. The zero-order chi connectivity index (χ0) is 24.6. The molecule has 0 saturated carbocycles. The number of amides is 1. The molecule has 0 aliphatic carbocycles. The molecule has 12 heteroatoms. The standard InChI is InChI=1S/C17H27N7O.C4H4O4/c1-17(2,3)16(25)21-14-13-11-20-24(15(13)19-12-18-14)10-9-23-7-5-22(4)6-8-23;5-3(6)1-2-4(7)8/h11-12H,5-10H2,1-4H3,(H,18,19,21,25);1-2H,(H,5,6)(H,7,8). The second kappa shape index (κ2) is 11.5. The molecule has 2 aromatic rings. The minimum atomic E-state index is -1.26. The number of carboxylic acids is 2. The van der Waals surface area contributed by atoms with Crippen LogP contribution in [0.2, 0.25) is 0 Å². The number of piperazine rings is 1. The topological polar surface area (TPSA) is 154 Å². The van der Waals surface area contributed by atoms with Gasteiger partial charge in [0.25, 0.3) is 0 Å². The van der Waals surface area contributed by atoms with Crippen LogP contribution >= 0.6 is 0 Å². The molecule has 1 aliphatic heterocycles. The second-order valence-corrected chi connectivity index (χ2v) is 8.69. The Kier molecular flexibility index (Phi) is 9.00. The number of likely N-dealkylation sites (N-methyl/N-ethyl adjacent to an activating group) is 1. The molecule has 1 saturated heterocycles. The van der Waals surface area contributed by atoms with Crippen LogP contribution in [0.15, 0.2) is 24.7 Å². The first-order valence-electron chi connectivity index (χ1n) is 10.5. The van der Waals surface area contributed by atoms with Gasteiger partial charge in [-0.05, 0) is 7.05 Å². The summed E-state index contributed by atoms with van der Waals surface area (Å²) < 4.78 is 1.89. The van der Waals surface area contributed by atoms with Crippen molar-refractivity contribution in [3.8, 4) is 0 Å². The van der Waals surface area contributed by atoms with E-state index in [0.717, 1.165) is 50.3 Å². The van der Waals surface area contributed by atoms with E-state index < -0.39 is 17.4 Å². The summed E-state index contributed by atoms with van der Waals surface area (Å²) in [6.07, 6.45) is 4.33. The van der Waals surface area contributed by atoms with Crippen LogP contribution in [0.1, 0.15) is 20.8 Å². The zero-order valence-corrected chi connectivity index (χ0v) is 19.4. The quantitative estimate of drug-likeness (QED) is 0.526. The normalized spacial score (nSPS) is 15.3. The third-order valence-corrected chi connectivity index (χ3v) is 4.94. The van der Waals surface area contributed by atoms with Gasteiger partial charge in [0, 0.05) is 50.3 Å². The Hall–Kier alpha value is -3.38. The molecule has 0 radical (unpaired) electrons. The largest absolute Gasteiger partial charge is 0.478 e. The van der Waals surface area contributed by atoms with Crippen molar-refractivity contribution in [1.29, 1.82) is 0 Å². The van der Waals surface area contributed by atoms with Crippen molar-refractivity contribution in [2.75, 3.05) is 45.1 Å². The number of aliphatic carboxylic acids is 2. The molecule has 0 bridgehead atoms. The lowest BCUT2D eigenvalue weighted by Crippen LogP contribution is -2.45. The Bertz CT molecular complexity index is 988. The fourth-order valence-corrected chi connectivity index (χ4v) is 2.90. The molecule has 1 aliphatic rings. The molecule has 3 rings (SSSR count). The minimum Gasteiger partial charge on any atom is -0.478 e. The van der Waals surface area contributed by atoms with Crippen LogP contribution in [-0.4, -0.2) is 97.4 Å². The Labute approximate surface area is 191 Å². The number of nitrogens with zero attached hydrogens (tertiary/aromatic N) is 6. The molecule has 1 amide bonds. The molecular formula is C21H31N7O5. The van der Waals surface area contributed by atoms with Crippen molar-refractivity contribution in [1.82, 2.24) is 29.5 Å². The predicted molar refractivity (Wildman–Crippen MR) is 122 cm³/mol. The fourth-order valence-electron chi connectivity index (χ4n) is 2.90. The highest BCUT2D eigenvalue weighted by molar-refractivity contribution is 6.00. The number of fused-ring (bicyclic) bond motifs is 1. The number of carboxylic acid groups (broad SMARTS) is 2. The molecule has 180 valence electrons. The molecule has 3 heterocycles. The number of rotatable bonds is 6. The summed E-state index contributed by atoms with van der Waals surface area (Å²) in [4.78, 5) is 44.7. The number of hydrogen-bond donors (Lipinski definition) is 3. The maximum atomic E-state index is 12.2. The van der Waals surface area contributed by atoms with Gasteiger partial charge in [-0.2, -0.15) is 5.10 Å². The minimum absolute atomic E-state index is 0.0716. The van der Waals surface area contributed by atoms with Gasteiger partial charge in [0.2, 0.25) is 5.91 Å². The molecular weight excluding hydrogens is 430 g/mol. The number of hydrogen-bond acceptors (Lipinski definition) is 8. The van der Waals surface area contributed by atoms with Gasteiger partial charge < -0.3 is 20.4 Å². The smallest absolute Gasteiger partial charge is 0.328 e. The van der Waals surface area contributed by atoms with E-state index >= 15 is 0 Å². The first-order valence-corrected chi connectivity index (χ1v) is 10.5. The van der Waals surface area contributed by atoms with Gasteiger partial charge in [-0.25, -0.2) is 24.2 Å². The molecule has 12 nitrogen and oxygen atoms in total. The van der Waals surface area contributed by atoms with Crippen molar-refractivity contribution < 1.29 is 24.6 Å². The van der Waals surface area contributed by atoms with Gasteiger partial charge >= 0.3 is 11.9 Å². The van der Waals surface area contributed by atoms with Crippen LogP contribution in [-0.2, 0) is 20.9 Å². The lowest BCUT2D eigenvalue weighted by Gasteiger charge is -2.32. The van der Waals surface area contributed by atoms with E-state index in [1.165, 1.54) is 6.33 Å². The van der Waals surface area contributed by atoms with Crippen molar-refractivity contribution in [2.45, 2.75) is 27.3 Å². The Morgan fingerprint density at radius 1 is 1.03 bits per heavy atom. The summed E-state index contributed by atoms with van der Waals surface area (Å²) in [7, 11) is 2.16. The number of anilines is 1. The maximum Gasteiger partial charge on any atom is 0.328 e. The Balaban J connectivity index is 0.000000414. The monoisotopic (exact) mass is 461 g/mol. The lowest BCUT2D eigenvalue weighted by atomic mass is 9.96. The number of carbonyl (C=O) groups is 3. The highest BCUT2D eigenvalue weighted by Crippen LogP contribution is 2.22. The van der Waals surface area contributed by atoms with E-state index in [4.69, 9.17) is 10.2 Å². The molecule has 0 aromatic carbocycles. The first-order chi connectivity index (χ1) is 15.5. The average molecular weight is 462 g/mol. The van der Waals surface area contributed by atoms with E-state index in [1.807, 2.05) is 25.5 Å². The summed E-state index contributed by atoms with van der Waals surface area (Å²) in [5.74, 6) is -2.06. The molecule has 2 aromatic heterocycles. The molecule has 0 unspecified atom stereocenters. The predicted octanol–water partition coefficient (Wildman–Crippen LogP) is 0.770. The van der Waals surface area contributed by atoms with Gasteiger partial charge in [0.15, 0.2) is 5.65 Å². The fraction of sp³-hybridized carbons (Fsp3) is 0.524. The van der Waals surface area contributed by atoms with Crippen molar-refractivity contribution in [2.24, 2.45) is 5.41 Å². The van der Waals surface area contributed by atoms with E-state index in [1.54, 1.807) is 6.20 Å². The van der Waals surface area contributed by atoms with Gasteiger partial charge in [-0.3, -0.25) is 9.69 Å². The summed E-state index contributed by atoms with van der Waals surface area (Å²) in [5, 5.41) is 23.7. The number of nitrogens with one attached hydrogen (secondary N) is 1. The van der Waals surface area contributed by atoms with Gasteiger partial charge in [0.05, 0.1) is 18.1 Å². The molecule has 3 N–H and O–H groups in total. The van der Waals surface area contributed by atoms with Crippen LogP contribution in [0.25, 0.3) is 11.0 Å². The summed E-state index contributed by atoms with van der Waals surface area (Å²) in [6.45, 7) is 11.7. The van der Waals surface area contributed by atoms with Crippen LogP contribution in [0.5, 0.6) is 0 Å². The zero-order valence-electron chi connectivity index (χ0n) is 19.4. The lowest BCUT2D eigenvalue weighted by molar-refractivity contribution is -0.134. The van der Waals surface area contributed by atoms with Crippen molar-refractivity contribution in [3.05, 3.63) is 24.7 Å². The molecule has 0 atom stereocenters. The SMILES string of the molecule is CN1CCN(CCn2ncc3c(NC(=O)C(C)(C)C)ncnc32)CC1.O=C(O)C=CC(=O)O. The molecule has 1 fully saturated rings. The van der Waals surface area contributed by atoms with E-state index in [2.05, 4.69) is 37.2 Å². The van der Waals surface area contributed by atoms with Crippen molar-refractivity contribution >= 4 is 34.7 Å². The summed E-state index contributed by atoms with van der Waals surface area (Å²) in [5.41, 5.74) is 0.280. The van der Waals surface area contributed by atoms with Crippen LogP contribution in [0, 0.1) is 5.41 Å². The average Bonchev–Trinajstić information content (AvgIpc) is 3.16. The second-order valence-electron chi connectivity index (χ2n) is 8.69. The highest BCUT2D eigenvalue weighted by Gasteiger charge is 2.23. The third kappa shape index (κ3) is 8.24. The Morgan fingerprint density at radius 3 is 2.18 bits per heavy atom. The van der Waals surface area contributed by atoms with Gasteiger partial charge in [-0.15, -0.1) is 0 Å². The van der Waals surface area contributed by atoms with E-state index in [0.29, 0.717) is 18.0 Å². The van der Waals surface area contributed by atoms with Gasteiger partial charge in [-0.1, -0.05) is 20.8 Å². The highest BCUT2D eigenvalue weighted by atomic mass is 16.4. The van der Waals surface area contributed by atoms with E-state index in [9.17, 15) is 14.4 Å². The third-order valence-electron chi connectivity index (χ3n) is 4.94. The van der Waals surface area contributed by atoms with Crippen LogP contribution in [0.3, 0.4) is 0 Å². The molecule has 0 spiro atoms. The first kappa shape index (κ1) is 25.9. The number of carbonyl (C=O) groups excluding carboxylic acids is 1. The van der Waals surface area contributed by atoms with E-state index in [-0.39, 0.29) is 5.91 Å². The van der Waals surface area contributed by atoms with Crippen LogP contribution in [0.4, 0.5) is 5.82 Å². The molecule has 33 heavy (non-hydrogen) atoms. The van der Waals surface area contributed by atoms with Crippen molar-refractivity contribution in [3.63, 3.8) is 0 Å². The summed E-state index contributed by atoms with van der Waals surface area (Å²) in [6, 6.07) is 0.